The van der Waals surface area contributed by atoms with Gasteiger partial charge in [0.05, 0.1) is 11.4 Å². The van der Waals surface area contributed by atoms with Gasteiger partial charge in [0, 0.05) is 37.7 Å². The highest BCUT2D eigenvalue weighted by Gasteiger charge is 2.11. The summed E-state index contributed by atoms with van der Waals surface area (Å²) in [6, 6.07) is 0. The smallest absolute Gasteiger partial charge is 0.224 e. The van der Waals surface area contributed by atoms with Crippen molar-refractivity contribution in [3.05, 3.63) is 11.0 Å². The van der Waals surface area contributed by atoms with Crippen LogP contribution in [0.5, 0.6) is 0 Å². The molecule has 1 aliphatic rings. The summed E-state index contributed by atoms with van der Waals surface area (Å²) in [6.45, 7) is 5.97. The molecule has 1 fully saturated rings. The van der Waals surface area contributed by atoms with E-state index >= 15 is 0 Å². The van der Waals surface area contributed by atoms with Gasteiger partial charge in [0.2, 0.25) is 5.28 Å². The van der Waals surface area contributed by atoms with E-state index < -0.39 is 0 Å². The van der Waals surface area contributed by atoms with Gasteiger partial charge in [-0.05, 0) is 18.5 Å². The van der Waals surface area contributed by atoms with Crippen LogP contribution >= 0.6 is 23.4 Å². The Morgan fingerprint density at radius 2 is 2.11 bits per heavy atom. The maximum atomic E-state index is 5.91. The highest BCUT2D eigenvalue weighted by molar-refractivity contribution is 7.99. The number of nitrogen functional groups attached to an aromatic ring is 1. The van der Waals surface area contributed by atoms with Gasteiger partial charge in [0.15, 0.2) is 5.82 Å². The molecule has 7 heteroatoms. The minimum absolute atomic E-state index is 0.235. The topological polar surface area (TPSA) is 67.1 Å². The lowest BCUT2D eigenvalue weighted by Gasteiger charge is -2.26. The monoisotopic (exact) mass is 287 g/mol. The molecule has 1 aromatic heterocycles. The molecule has 1 saturated heterocycles. The van der Waals surface area contributed by atoms with E-state index in [1.165, 1.54) is 11.5 Å². The van der Waals surface area contributed by atoms with Crippen LogP contribution in [0.2, 0.25) is 5.28 Å². The van der Waals surface area contributed by atoms with Gasteiger partial charge in [0.1, 0.15) is 0 Å². The largest absolute Gasteiger partial charge is 0.394 e. The van der Waals surface area contributed by atoms with Crippen molar-refractivity contribution in [2.24, 2.45) is 0 Å². The summed E-state index contributed by atoms with van der Waals surface area (Å²) in [5.41, 5.74) is 7.20. The summed E-state index contributed by atoms with van der Waals surface area (Å²) in [7, 11) is 0. The van der Waals surface area contributed by atoms with E-state index in [0.717, 1.165) is 26.2 Å². The lowest BCUT2D eigenvalue weighted by atomic mass is 10.3. The summed E-state index contributed by atoms with van der Waals surface area (Å²) in [5, 5.41) is 3.47. The molecule has 2 rings (SSSR count). The minimum atomic E-state index is 0.235. The van der Waals surface area contributed by atoms with Gasteiger partial charge in [-0.3, -0.25) is 4.90 Å². The Morgan fingerprint density at radius 1 is 1.39 bits per heavy atom. The number of halogens is 1. The fourth-order valence-electron chi connectivity index (χ4n) is 1.84. The van der Waals surface area contributed by atoms with Gasteiger partial charge in [-0.15, -0.1) is 0 Å². The van der Waals surface area contributed by atoms with Crippen molar-refractivity contribution in [1.29, 1.82) is 0 Å². The fraction of sp³-hybridized carbons (Fsp3) is 0.636. The lowest BCUT2D eigenvalue weighted by Crippen LogP contribution is -2.36. The quantitative estimate of drug-likeness (QED) is 0.818. The van der Waals surface area contributed by atoms with Crippen LogP contribution in [-0.4, -0.2) is 52.6 Å². The minimum Gasteiger partial charge on any atom is -0.394 e. The lowest BCUT2D eigenvalue weighted by molar-refractivity contribution is 0.314. The van der Waals surface area contributed by atoms with Crippen LogP contribution in [0.3, 0.4) is 0 Å². The zero-order valence-electron chi connectivity index (χ0n) is 10.4. The maximum absolute atomic E-state index is 5.91. The Bertz CT molecular complexity index is 409. The number of nitrogens with two attached hydrogens (primary N) is 1. The summed E-state index contributed by atoms with van der Waals surface area (Å²) in [5.74, 6) is 3.08. The van der Waals surface area contributed by atoms with Crippen LogP contribution in [0.4, 0.5) is 11.5 Å². The van der Waals surface area contributed by atoms with Crippen LogP contribution in [-0.2, 0) is 0 Å². The van der Waals surface area contributed by atoms with E-state index in [0.29, 0.717) is 17.2 Å². The third-order valence-electron chi connectivity index (χ3n) is 2.93. The number of thioether (sulfide) groups is 1. The highest BCUT2D eigenvalue weighted by Crippen LogP contribution is 2.20. The van der Waals surface area contributed by atoms with E-state index in [9.17, 15) is 0 Å². The molecule has 1 aromatic rings. The van der Waals surface area contributed by atoms with Gasteiger partial charge in [-0.1, -0.05) is 0 Å². The van der Waals surface area contributed by atoms with Crippen LogP contribution in [0.15, 0.2) is 0 Å². The Kier molecular flexibility index (Phi) is 4.91. The van der Waals surface area contributed by atoms with Crippen LogP contribution in [0.25, 0.3) is 0 Å². The summed E-state index contributed by atoms with van der Waals surface area (Å²) >= 11 is 7.83. The van der Waals surface area contributed by atoms with Crippen molar-refractivity contribution in [3.63, 3.8) is 0 Å². The average molecular weight is 288 g/mol. The van der Waals surface area contributed by atoms with Crippen molar-refractivity contribution in [2.45, 2.75) is 6.92 Å². The second-order valence-corrected chi connectivity index (χ2v) is 5.78. The molecule has 18 heavy (non-hydrogen) atoms. The van der Waals surface area contributed by atoms with E-state index in [1.54, 1.807) is 0 Å². The maximum Gasteiger partial charge on any atom is 0.224 e. The van der Waals surface area contributed by atoms with Crippen molar-refractivity contribution < 1.29 is 0 Å². The molecule has 0 unspecified atom stereocenters. The molecule has 0 atom stereocenters. The van der Waals surface area contributed by atoms with Gasteiger partial charge in [0.25, 0.3) is 0 Å². The van der Waals surface area contributed by atoms with Crippen molar-refractivity contribution in [2.75, 3.05) is 48.7 Å². The molecule has 0 radical (unpaired) electrons. The average Bonchev–Trinajstić information content (AvgIpc) is 2.36. The molecule has 0 amide bonds. The zero-order chi connectivity index (χ0) is 13.0. The standard InChI is InChI=1S/C11H18ClN5S/c1-8-9(13)10(16-11(12)15-8)14-2-3-17-4-6-18-7-5-17/h2-7,13H2,1H3,(H,14,15,16). The third kappa shape index (κ3) is 3.63. The molecule has 2 heterocycles. The predicted octanol–water partition coefficient (Wildman–Crippen LogP) is 1.48. The number of nitrogens with zero attached hydrogens (tertiary/aromatic N) is 3. The number of anilines is 2. The first kappa shape index (κ1) is 13.7. The molecule has 100 valence electrons. The van der Waals surface area contributed by atoms with Crippen LogP contribution in [0.1, 0.15) is 5.69 Å². The zero-order valence-corrected chi connectivity index (χ0v) is 12.0. The van der Waals surface area contributed by atoms with E-state index in [4.69, 9.17) is 17.3 Å². The number of nitrogens with one attached hydrogen (secondary N) is 1. The summed E-state index contributed by atoms with van der Waals surface area (Å²) in [6.07, 6.45) is 0. The molecule has 1 aliphatic heterocycles. The predicted molar refractivity (Wildman–Crippen MR) is 78.4 cm³/mol. The first-order valence-electron chi connectivity index (χ1n) is 6.00. The second kappa shape index (κ2) is 6.45. The Hall–Kier alpha value is -0.720. The van der Waals surface area contributed by atoms with Gasteiger partial charge >= 0.3 is 0 Å². The number of aromatic nitrogens is 2. The van der Waals surface area contributed by atoms with Crippen molar-refractivity contribution >= 4 is 34.9 Å². The van der Waals surface area contributed by atoms with E-state index in [1.807, 2.05) is 18.7 Å². The van der Waals surface area contributed by atoms with Crippen LogP contribution in [0, 0.1) is 6.92 Å². The number of aryl methyl sites for hydroxylation is 1. The van der Waals surface area contributed by atoms with E-state index in [2.05, 4.69) is 20.2 Å². The Morgan fingerprint density at radius 3 is 2.83 bits per heavy atom. The van der Waals surface area contributed by atoms with Gasteiger partial charge < -0.3 is 11.1 Å². The third-order valence-corrected chi connectivity index (χ3v) is 4.04. The molecule has 0 aromatic carbocycles. The fourth-order valence-corrected chi connectivity index (χ4v) is 3.03. The highest BCUT2D eigenvalue weighted by atomic mass is 35.5. The first-order chi connectivity index (χ1) is 8.66. The summed E-state index contributed by atoms with van der Waals surface area (Å²) < 4.78 is 0. The molecular weight excluding hydrogens is 270 g/mol. The molecular formula is C11H18ClN5S. The molecule has 0 bridgehead atoms. The Balaban J connectivity index is 1.86. The molecule has 5 nitrogen and oxygen atoms in total. The molecule has 0 saturated carbocycles. The normalized spacial score (nSPS) is 16.8. The van der Waals surface area contributed by atoms with E-state index in [-0.39, 0.29) is 5.28 Å². The SMILES string of the molecule is Cc1nc(Cl)nc(NCCN2CCSCC2)c1N. The number of rotatable bonds is 4. The molecule has 0 aliphatic carbocycles. The molecule has 3 N–H and O–H groups in total. The van der Waals surface area contributed by atoms with Gasteiger partial charge in [-0.25, -0.2) is 4.98 Å². The van der Waals surface area contributed by atoms with Crippen LogP contribution < -0.4 is 11.1 Å². The van der Waals surface area contributed by atoms with Gasteiger partial charge in [-0.2, -0.15) is 16.7 Å². The molecule has 0 spiro atoms. The van der Waals surface area contributed by atoms with Crippen molar-refractivity contribution in [3.8, 4) is 0 Å². The Labute approximate surface area is 116 Å². The number of hydrogen-bond acceptors (Lipinski definition) is 6. The van der Waals surface area contributed by atoms with Crippen molar-refractivity contribution in [1.82, 2.24) is 14.9 Å². The first-order valence-corrected chi connectivity index (χ1v) is 7.53. The summed E-state index contributed by atoms with van der Waals surface area (Å²) in [4.78, 5) is 10.6. The number of hydrogen-bond donors (Lipinski definition) is 2. The second-order valence-electron chi connectivity index (χ2n) is 4.22.